The Hall–Kier alpha value is -3.09. The van der Waals surface area contributed by atoms with Gasteiger partial charge < -0.3 is 5.73 Å². The van der Waals surface area contributed by atoms with Crippen molar-refractivity contribution in [2.75, 3.05) is 0 Å². The van der Waals surface area contributed by atoms with Crippen molar-refractivity contribution in [1.29, 1.82) is 0 Å². The van der Waals surface area contributed by atoms with E-state index in [0.717, 1.165) is 32.0 Å². The van der Waals surface area contributed by atoms with E-state index in [-0.39, 0.29) is 0 Å². The fourth-order valence-corrected chi connectivity index (χ4v) is 4.58. The van der Waals surface area contributed by atoms with E-state index >= 15 is 0 Å². The van der Waals surface area contributed by atoms with Crippen molar-refractivity contribution in [3.05, 3.63) is 94.9 Å². The Bertz CT molecular complexity index is 1050. The Labute approximate surface area is 171 Å². The van der Waals surface area contributed by atoms with Gasteiger partial charge in [0.1, 0.15) is 5.54 Å². The van der Waals surface area contributed by atoms with Crippen LogP contribution in [0.2, 0.25) is 0 Å². The largest absolute Gasteiger partial charge is 0.388 e. The molecule has 3 heteroatoms. The highest BCUT2D eigenvalue weighted by Gasteiger charge is 2.35. The maximum Gasteiger partial charge on any atom is 0.125 e. The van der Waals surface area contributed by atoms with Crippen molar-refractivity contribution in [3.8, 4) is 22.8 Å². The number of nitrogens with zero attached hydrogens (tertiary/aromatic N) is 1. The Balaban J connectivity index is 2.19. The van der Waals surface area contributed by atoms with Gasteiger partial charge >= 0.3 is 0 Å². The van der Waals surface area contributed by atoms with Crippen LogP contribution < -0.4 is 5.73 Å². The minimum absolute atomic E-state index is 0.550. The van der Waals surface area contributed by atoms with E-state index < -0.39 is 5.54 Å². The lowest BCUT2D eigenvalue weighted by Gasteiger charge is -2.30. The summed E-state index contributed by atoms with van der Waals surface area (Å²) < 4.78 is 0. The molecule has 2 N–H and O–H groups in total. The highest BCUT2D eigenvalue weighted by molar-refractivity contribution is 7.15. The smallest absolute Gasteiger partial charge is 0.125 e. The summed E-state index contributed by atoms with van der Waals surface area (Å²) in [6, 6.07) is 22.6. The average molecular weight is 385 g/mol. The molecule has 0 radical (unpaired) electrons. The van der Waals surface area contributed by atoms with E-state index in [9.17, 15) is 0 Å². The van der Waals surface area contributed by atoms with Crippen LogP contribution in [0.3, 0.4) is 0 Å². The topological polar surface area (TPSA) is 38.4 Å². The lowest BCUT2D eigenvalue weighted by Crippen LogP contribution is -2.28. The van der Waals surface area contributed by atoms with Gasteiger partial charge in [0.05, 0.1) is 5.84 Å². The molecule has 0 aliphatic carbocycles. The zero-order valence-corrected chi connectivity index (χ0v) is 17.1. The summed E-state index contributed by atoms with van der Waals surface area (Å²) in [7, 11) is 0. The molecule has 1 atom stereocenters. The standard InChI is InChI=1S/C25H24N2S/c1-5-20-10-9-11-21(16-20)23-14-15-24(28-23)25(17-18(2)3,27-19(4)26)22-12-7-6-8-13-22/h1,6-16H,2,17H2,3-4H3,(H2,26,27). The molecule has 0 saturated heterocycles. The zero-order chi connectivity index (χ0) is 20.1. The fraction of sp³-hybridized carbons (Fsp3) is 0.160. The van der Waals surface area contributed by atoms with Gasteiger partial charge in [-0.05, 0) is 49.2 Å². The molecule has 3 rings (SSSR count). The predicted molar refractivity (Wildman–Crippen MR) is 122 cm³/mol. The molecule has 0 spiro atoms. The van der Waals surface area contributed by atoms with Crippen molar-refractivity contribution >= 4 is 17.2 Å². The number of aliphatic imine (C=N–C) groups is 1. The molecule has 2 nitrogen and oxygen atoms in total. The van der Waals surface area contributed by atoms with Gasteiger partial charge in [0.15, 0.2) is 0 Å². The van der Waals surface area contributed by atoms with Gasteiger partial charge in [-0.2, -0.15) is 0 Å². The molecule has 0 fully saturated rings. The number of hydrogen-bond acceptors (Lipinski definition) is 2. The van der Waals surface area contributed by atoms with Crippen LogP contribution in [0.4, 0.5) is 0 Å². The second-order valence-electron chi connectivity index (χ2n) is 7.00. The molecule has 0 saturated carbocycles. The minimum Gasteiger partial charge on any atom is -0.388 e. The van der Waals surface area contributed by atoms with Crippen LogP contribution in [0.1, 0.15) is 36.3 Å². The number of thiophene rings is 1. The molecule has 0 aliphatic rings. The first-order valence-electron chi connectivity index (χ1n) is 9.14. The van der Waals surface area contributed by atoms with Gasteiger partial charge in [-0.15, -0.1) is 24.3 Å². The molecule has 1 unspecified atom stereocenters. The minimum atomic E-state index is -0.585. The van der Waals surface area contributed by atoms with Crippen molar-refractivity contribution in [3.63, 3.8) is 0 Å². The number of amidine groups is 1. The average Bonchev–Trinajstić information content (AvgIpc) is 3.18. The molecule has 2 aromatic carbocycles. The number of nitrogens with two attached hydrogens (primary N) is 1. The normalized spacial score (nSPS) is 13.5. The molecule has 1 heterocycles. The molecule has 140 valence electrons. The molecular formula is C25H24N2S. The predicted octanol–water partition coefficient (Wildman–Crippen LogP) is 5.98. The lowest BCUT2D eigenvalue weighted by molar-refractivity contribution is 0.547. The van der Waals surface area contributed by atoms with Gasteiger partial charge in [-0.1, -0.05) is 54.0 Å². The van der Waals surface area contributed by atoms with Gasteiger partial charge in [0, 0.05) is 21.7 Å². The first kappa shape index (κ1) is 19.7. The van der Waals surface area contributed by atoms with Gasteiger partial charge in [0.25, 0.3) is 0 Å². The number of hydrogen-bond donors (Lipinski definition) is 1. The Morgan fingerprint density at radius 1 is 1.11 bits per heavy atom. The fourth-order valence-electron chi connectivity index (χ4n) is 3.42. The molecule has 3 aromatic rings. The van der Waals surface area contributed by atoms with Crippen LogP contribution in [0.25, 0.3) is 10.4 Å². The molecule has 0 amide bonds. The Kier molecular flexibility index (Phi) is 5.82. The Morgan fingerprint density at radius 3 is 2.50 bits per heavy atom. The molecule has 0 aliphatic heterocycles. The van der Waals surface area contributed by atoms with Crippen LogP contribution >= 0.6 is 11.3 Å². The first-order valence-corrected chi connectivity index (χ1v) is 9.95. The summed E-state index contributed by atoms with van der Waals surface area (Å²) >= 11 is 1.72. The van der Waals surface area contributed by atoms with Gasteiger partial charge in [0.2, 0.25) is 0 Å². The van der Waals surface area contributed by atoms with E-state index in [1.54, 1.807) is 11.3 Å². The molecule has 0 bridgehead atoms. The first-order chi connectivity index (χ1) is 13.4. The van der Waals surface area contributed by atoms with Crippen molar-refractivity contribution in [1.82, 2.24) is 0 Å². The summed E-state index contributed by atoms with van der Waals surface area (Å²) in [5, 5.41) is 0. The molecule has 1 aromatic heterocycles. The number of terminal acetylenes is 1. The van der Waals surface area contributed by atoms with Gasteiger partial charge in [-0.25, -0.2) is 0 Å². The summed E-state index contributed by atoms with van der Waals surface area (Å²) in [4.78, 5) is 7.23. The summed E-state index contributed by atoms with van der Waals surface area (Å²) in [6.45, 7) is 8.02. The van der Waals surface area contributed by atoms with Crippen LogP contribution in [-0.2, 0) is 5.54 Å². The van der Waals surface area contributed by atoms with E-state index in [2.05, 4.69) is 42.8 Å². The summed E-state index contributed by atoms with van der Waals surface area (Å²) in [5.41, 5.74) is 9.65. The second-order valence-corrected chi connectivity index (χ2v) is 8.09. The van der Waals surface area contributed by atoms with E-state index in [1.165, 1.54) is 0 Å². The van der Waals surface area contributed by atoms with E-state index in [0.29, 0.717) is 12.3 Å². The number of benzene rings is 2. The molecule has 28 heavy (non-hydrogen) atoms. The second kappa shape index (κ2) is 8.29. The van der Waals surface area contributed by atoms with E-state index in [4.69, 9.17) is 17.1 Å². The van der Waals surface area contributed by atoms with Crippen LogP contribution in [0.15, 0.2) is 83.9 Å². The third-order valence-corrected chi connectivity index (χ3v) is 5.79. The van der Waals surface area contributed by atoms with Crippen molar-refractivity contribution in [2.24, 2.45) is 10.7 Å². The monoisotopic (exact) mass is 384 g/mol. The van der Waals surface area contributed by atoms with Crippen molar-refractivity contribution in [2.45, 2.75) is 25.8 Å². The van der Waals surface area contributed by atoms with Crippen molar-refractivity contribution < 1.29 is 0 Å². The zero-order valence-electron chi connectivity index (χ0n) is 16.3. The lowest BCUT2D eigenvalue weighted by atomic mass is 9.83. The quantitative estimate of drug-likeness (QED) is 0.241. The number of rotatable bonds is 6. The maximum atomic E-state index is 6.09. The maximum absolute atomic E-state index is 6.09. The van der Waals surface area contributed by atoms with Crippen LogP contribution in [0.5, 0.6) is 0 Å². The third-order valence-electron chi connectivity index (χ3n) is 4.50. The Morgan fingerprint density at radius 2 is 1.86 bits per heavy atom. The van der Waals surface area contributed by atoms with Gasteiger partial charge in [-0.3, -0.25) is 4.99 Å². The third kappa shape index (κ3) is 4.08. The van der Waals surface area contributed by atoms with E-state index in [1.807, 2.05) is 50.2 Å². The summed E-state index contributed by atoms with van der Waals surface area (Å²) in [6.07, 6.45) is 6.26. The highest BCUT2D eigenvalue weighted by Crippen LogP contribution is 2.44. The van der Waals surface area contributed by atoms with Crippen LogP contribution in [-0.4, -0.2) is 5.84 Å². The molecular weight excluding hydrogens is 360 g/mol. The highest BCUT2D eigenvalue weighted by atomic mass is 32.1. The van der Waals surface area contributed by atoms with Crippen LogP contribution in [0, 0.1) is 12.3 Å². The summed E-state index contributed by atoms with van der Waals surface area (Å²) in [5.74, 6) is 3.26. The SMILES string of the molecule is C#Cc1cccc(-c2ccc(C(CC(=C)C)(N=C(C)N)c3ccccc3)s2)c1.